The third kappa shape index (κ3) is 4.22. The summed E-state index contributed by atoms with van der Waals surface area (Å²) in [5.41, 5.74) is 2.81. The summed E-state index contributed by atoms with van der Waals surface area (Å²) in [5, 5.41) is 6.96. The van der Waals surface area contributed by atoms with Crippen molar-refractivity contribution < 1.29 is 9.53 Å². The van der Waals surface area contributed by atoms with Gasteiger partial charge in [-0.25, -0.2) is 0 Å². The van der Waals surface area contributed by atoms with Gasteiger partial charge in [0.05, 0.1) is 0 Å². The highest BCUT2D eigenvalue weighted by molar-refractivity contribution is 5.76. The van der Waals surface area contributed by atoms with E-state index in [1.807, 2.05) is 0 Å². The molecule has 1 aromatic rings. The van der Waals surface area contributed by atoms with Crippen molar-refractivity contribution in [3.8, 4) is 0 Å². The van der Waals surface area contributed by atoms with Crippen molar-refractivity contribution >= 4 is 5.91 Å². The molecule has 3 aliphatic rings. The van der Waals surface area contributed by atoms with Gasteiger partial charge in [0, 0.05) is 57.4 Å². The molecule has 0 spiro atoms. The van der Waals surface area contributed by atoms with Crippen molar-refractivity contribution in [2.45, 2.75) is 63.3 Å². The van der Waals surface area contributed by atoms with Gasteiger partial charge in [0.2, 0.25) is 5.91 Å². The summed E-state index contributed by atoms with van der Waals surface area (Å²) in [7, 11) is 0. The van der Waals surface area contributed by atoms with E-state index in [0.29, 0.717) is 24.5 Å². The Hall–Kier alpha value is -1.43. The van der Waals surface area contributed by atoms with Crippen LogP contribution in [0.3, 0.4) is 0 Å². The Balaban J connectivity index is 1.17. The molecule has 0 unspecified atom stereocenters. The van der Waals surface area contributed by atoms with E-state index in [1.165, 1.54) is 17.5 Å². The number of nitrogens with one attached hydrogen (secondary N) is 2. The summed E-state index contributed by atoms with van der Waals surface area (Å²) in [6.07, 6.45) is 5.04. The Kier molecular flexibility index (Phi) is 5.34. The highest BCUT2D eigenvalue weighted by Crippen LogP contribution is 2.24. The summed E-state index contributed by atoms with van der Waals surface area (Å²) in [6.45, 7) is 4.51. The Labute approximate surface area is 150 Å². The summed E-state index contributed by atoms with van der Waals surface area (Å²) in [4.78, 5) is 14.7. The zero-order chi connectivity index (χ0) is 17.1. The summed E-state index contributed by atoms with van der Waals surface area (Å²) < 4.78 is 5.41. The highest BCUT2D eigenvalue weighted by Gasteiger charge is 2.33. The van der Waals surface area contributed by atoms with Gasteiger partial charge in [-0.05, 0) is 36.8 Å². The maximum absolute atomic E-state index is 12.3. The second kappa shape index (κ2) is 7.85. The predicted molar refractivity (Wildman–Crippen MR) is 97.1 cm³/mol. The van der Waals surface area contributed by atoms with Gasteiger partial charge in [0.1, 0.15) is 0 Å². The lowest BCUT2D eigenvalue weighted by molar-refractivity contribution is -0.123. The van der Waals surface area contributed by atoms with Crippen molar-refractivity contribution in [1.82, 2.24) is 15.5 Å². The van der Waals surface area contributed by atoms with E-state index in [2.05, 4.69) is 39.8 Å². The molecule has 0 bridgehead atoms. The van der Waals surface area contributed by atoms with E-state index in [0.717, 1.165) is 52.1 Å². The van der Waals surface area contributed by atoms with E-state index < -0.39 is 0 Å². The van der Waals surface area contributed by atoms with E-state index in [-0.39, 0.29) is 5.91 Å². The lowest BCUT2D eigenvalue weighted by Gasteiger charge is -2.41. The smallest absolute Gasteiger partial charge is 0.221 e. The fourth-order valence-electron chi connectivity index (χ4n) is 4.14. The van der Waals surface area contributed by atoms with Gasteiger partial charge in [0.25, 0.3) is 0 Å². The SMILES string of the molecule is O=C(CCN1Cc2ccccc2C1)N[C@H]1CC[C@H]1NC1CCOCC1. The monoisotopic (exact) mass is 343 g/mol. The van der Waals surface area contributed by atoms with Crippen LogP contribution in [0.4, 0.5) is 0 Å². The third-order valence-electron chi connectivity index (χ3n) is 5.85. The molecule has 0 aromatic heterocycles. The van der Waals surface area contributed by atoms with Crippen LogP contribution in [0.15, 0.2) is 24.3 Å². The van der Waals surface area contributed by atoms with Gasteiger partial charge in [-0.15, -0.1) is 0 Å². The first-order valence-electron chi connectivity index (χ1n) is 9.70. The topological polar surface area (TPSA) is 53.6 Å². The van der Waals surface area contributed by atoms with Crippen LogP contribution in [0.5, 0.6) is 0 Å². The lowest BCUT2D eigenvalue weighted by atomic mass is 9.85. The molecule has 1 saturated heterocycles. The predicted octanol–water partition coefficient (Wildman–Crippen LogP) is 1.81. The number of rotatable bonds is 6. The highest BCUT2D eigenvalue weighted by atomic mass is 16.5. The largest absolute Gasteiger partial charge is 0.381 e. The number of benzene rings is 1. The summed E-state index contributed by atoms with van der Waals surface area (Å²) in [6, 6.07) is 9.89. The molecular formula is C20H29N3O2. The number of carbonyl (C=O) groups is 1. The molecule has 2 heterocycles. The van der Waals surface area contributed by atoms with Gasteiger partial charge >= 0.3 is 0 Å². The number of fused-ring (bicyclic) bond motifs is 1. The fourth-order valence-corrected chi connectivity index (χ4v) is 4.14. The van der Waals surface area contributed by atoms with Crippen LogP contribution in [0, 0.1) is 0 Å². The van der Waals surface area contributed by atoms with Gasteiger partial charge in [-0.3, -0.25) is 9.69 Å². The lowest BCUT2D eigenvalue weighted by Crippen LogP contribution is -2.59. The van der Waals surface area contributed by atoms with Gasteiger partial charge in [-0.1, -0.05) is 24.3 Å². The molecule has 2 atom stereocenters. The van der Waals surface area contributed by atoms with Crippen LogP contribution >= 0.6 is 0 Å². The zero-order valence-corrected chi connectivity index (χ0v) is 14.9. The Morgan fingerprint density at radius 2 is 1.72 bits per heavy atom. The van der Waals surface area contributed by atoms with Crippen molar-refractivity contribution in [1.29, 1.82) is 0 Å². The molecular weight excluding hydrogens is 314 g/mol. The minimum atomic E-state index is 0.194. The first-order chi connectivity index (χ1) is 12.3. The number of carbonyl (C=O) groups excluding carboxylic acids is 1. The molecule has 2 N–H and O–H groups in total. The number of ether oxygens (including phenoxy) is 1. The average molecular weight is 343 g/mol. The molecule has 5 heteroatoms. The number of hydrogen-bond acceptors (Lipinski definition) is 4. The van der Waals surface area contributed by atoms with E-state index in [1.54, 1.807) is 0 Å². The Bertz CT molecular complexity index is 575. The van der Waals surface area contributed by atoms with Crippen LogP contribution in [0.1, 0.15) is 43.2 Å². The van der Waals surface area contributed by atoms with Crippen molar-refractivity contribution in [3.05, 3.63) is 35.4 Å². The molecule has 5 nitrogen and oxygen atoms in total. The van der Waals surface area contributed by atoms with E-state index >= 15 is 0 Å². The third-order valence-corrected chi connectivity index (χ3v) is 5.85. The van der Waals surface area contributed by atoms with Crippen molar-refractivity contribution in [2.75, 3.05) is 19.8 Å². The van der Waals surface area contributed by atoms with Crippen LogP contribution < -0.4 is 10.6 Å². The molecule has 4 rings (SSSR count). The summed E-state index contributed by atoms with van der Waals surface area (Å²) >= 11 is 0. The molecule has 1 aliphatic carbocycles. The molecule has 136 valence electrons. The van der Waals surface area contributed by atoms with Gasteiger partial charge in [-0.2, -0.15) is 0 Å². The van der Waals surface area contributed by atoms with Crippen molar-refractivity contribution in [2.24, 2.45) is 0 Å². The number of nitrogens with zero attached hydrogens (tertiary/aromatic N) is 1. The zero-order valence-electron chi connectivity index (χ0n) is 14.9. The molecule has 1 aromatic carbocycles. The van der Waals surface area contributed by atoms with E-state index in [9.17, 15) is 4.79 Å². The van der Waals surface area contributed by atoms with Crippen molar-refractivity contribution in [3.63, 3.8) is 0 Å². The first kappa shape index (κ1) is 17.0. The van der Waals surface area contributed by atoms with Gasteiger partial charge < -0.3 is 15.4 Å². The number of amides is 1. The molecule has 1 amide bonds. The molecule has 25 heavy (non-hydrogen) atoms. The molecule has 1 saturated carbocycles. The Morgan fingerprint density at radius 3 is 2.36 bits per heavy atom. The second-order valence-electron chi connectivity index (χ2n) is 7.64. The summed E-state index contributed by atoms with van der Waals surface area (Å²) in [5.74, 6) is 0.194. The van der Waals surface area contributed by atoms with Crippen LogP contribution in [-0.4, -0.2) is 48.7 Å². The minimum absolute atomic E-state index is 0.194. The quantitative estimate of drug-likeness (QED) is 0.827. The molecule has 2 fully saturated rings. The average Bonchev–Trinajstić information content (AvgIpc) is 3.05. The van der Waals surface area contributed by atoms with E-state index in [4.69, 9.17) is 4.74 Å². The standard InChI is InChI=1S/C20H29N3O2/c24-20(7-10-23-13-15-3-1-2-4-16(15)14-23)22-19-6-5-18(19)21-17-8-11-25-12-9-17/h1-4,17-19,21H,5-14H2,(H,22,24)/t18-,19+/m1/s1. The minimum Gasteiger partial charge on any atom is -0.381 e. The normalized spacial score (nSPS) is 26.9. The molecule has 2 aliphatic heterocycles. The van der Waals surface area contributed by atoms with Crippen LogP contribution in [0.25, 0.3) is 0 Å². The maximum Gasteiger partial charge on any atom is 0.221 e. The fraction of sp³-hybridized carbons (Fsp3) is 0.650. The number of hydrogen-bond donors (Lipinski definition) is 2. The molecule has 0 radical (unpaired) electrons. The maximum atomic E-state index is 12.3. The second-order valence-corrected chi connectivity index (χ2v) is 7.64. The van der Waals surface area contributed by atoms with Crippen LogP contribution in [-0.2, 0) is 22.6 Å². The van der Waals surface area contributed by atoms with Crippen LogP contribution in [0.2, 0.25) is 0 Å². The first-order valence-corrected chi connectivity index (χ1v) is 9.70. The Morgan fingerprint density at radius 1 is 1.04 bits per heavy atom. The van der Waals surface area contributed by atoms with Gasteiger partial charge in [0.15, 0.2) is 0 Å².